The molecule has 6 heteroatoms. The maximum Gasteiger partial charge on any atom is 0.252 e. The van der Waals surface area contributed by atoms with Gasteiger partial charge in [-0.1, -0.05) is 13.8 Å². The first kappa shape index (κ1) is 15.0. The third kappa shape index (κ3) is 3.58. The molecular formula is C14H23N3O3. The summed E-state index contributed by atoms with van der Waals surface area (Å²) in [5.74, 6) is 1.06. The highest BCUT2D eigenvalue weighted by Crippen LogP contribution is 2.16. The SMILES string of the molecule is CC(C)c1nc(CN2CCO[C@H](C(=O)N(C)C)C2)co1. The van der Waals surface area contributed by atoms with Gasteiger partial charge in [0.05, 0.1) is 12.3 Å². The number of carbonyl (C=O) groups is 1. The van der Waals surface area contributed by atoms with Gasteiger partial charge in [0.25, 0.3) is 5.91 Å². The Morgan fingerprint density at radius 1 is 1.55 bits per heavy atom. The van der Waals surface area contributed by atoms with Gasteiger partial charge in [-0.25, -0.2) is 4.98 Å². The van der Waals surface area contributed by atoms with E-state index in [1.807, 2.05) is 0 Å². The zero-order chi connectivity index (χ0) is 14.7. The molecule has 1 amide bonds. The molecule has 0 aliphatic carbocycles. The van der Waals surface area contributed by atoms with Gasteiger partial charge in [-0.3, -0.25) is 9.69 Å². The van der Waals surface area contributed by atoms with Crippen LogP contribution in [-0.4, -0.2) is 60.6 Å². The summed E-state index contributed by atoms with van der Waals surface area (Å²) >= 11 is 0. The minimum absolute atomic E-state index is 0.0118. The summed E-state index contributed by atoms with van der Waals surface area (Å²) in [6, 6.07) is 0. The van der Waals surface area contributed by atoms with Crippen molar-refractivity contribution in [2.24, 2.45) is 0 Å². The van der Waals surface area contributed by atoms with Crippen LogP contribution < -0.4 is 0 Å². The van der Waals surface area contributed by atoms with Gasteiger partial charge in [-0.2, -0.15) is 0 Å². The van der Waals surface area contributed by atoms with Gasteiger partial charge in [0.1, 0.15) is 12.4 Å². The molecule has 1 aromatic rings. The second kappa shape index (κ2) is 6.37. The molecule has 0 spiro atoms. The second-order valence-electron chi connectivity index (χ2n) is 5.66. The molecule has 2 rings (SSSR count). The Kier molecular flexibility index (Phi) is 4.77. The average Bonchev–Trinajstić information content (AvgIpc) is 2.86. The highest BCUT2D eigenvalue weighted by molar-refractivity contribution is 5.80. The summed E-state index contributed by atoms with van der Waals surface area (Å²) < 4.78 is 11.0. The maximum absolute atomic E-state index is 11.9. The van der Waals surface area contributed by atoms with Gasteiger partial charge in [0.15, 0.2) is 5.89 Å². The fourth-order valence-electron chi connectivity index (χ4n) is 2.17. The molecule has 1 aromatic heterocycles. The van der Waals surface area contributed by atoms with Crippen molar-refractivity contribution in [3.8, 4) is 0 Å². The third-order valence-corrected chi connectivity index (χ3v) is 3.32. The molecule has 112 valence electrons. The lowest BCUT2D eigenvalue weighted by atomic mass is 10.2. The van der Waals surface area contributed by atoms with Crippen molar-refractivity contribution in [2.75, 3.05) is 33.8 Å². The number of likely N-dealkylation sites (N-methyl/N-ethyl adjacent to an activating group) is 1. The Balaban J connectivity index is 1.93. The van der Waals surface area contributed by atoms with E-state index in [-0.39, 0.29) is 17.9 Å². The van der Waals surface area contributed by atoms with Crippen LogP contribution in [0.5, 0.6) is 0 Å². The first-order valence-electron chi connectivity index (χ1n) is 6.96. The van der Waals surface area contributed by atoms with Crippen LogP contribution in [0, 0.1) is 0 Å². The second-order valence-corrected chi connectivity index (χ2v) is 5.66. The van der Waals surface area contributed by atoms with Gasteiger partial charge < -0.3 is 14.1 Å². The van der Waals surface area contributed by atoms with Crippen molar-refractivity contribution in [3.05, 3.63) is 17.8 Å². The van der Waals surface area contributed by atoms with E-state index in [0.717, 1.165) is 18.1 Å². The predicted molar refractivity (Wildman–Crippen MR) is 74.3 cm³/mol. The first-order valence-corrected chi connectivity index (χ1v) is 6.96. The monoisotopic (exact) mass is 281 g/mol. The topological polar surface area (TPSA) is 58.8 Å². The van der Waals surface area contributed by atoms with E-state index in [9.17, 15) is 4.79 Å². The third-order valence-electron chi connectivity index (χ3n) is 3.32. The van der Waals surface area contributed by atoms with Crippen molar-refractivity contribution in [2.45, 2.75) is 32.4 Å². The fraction of sp³-hybridized carbons (Fsp3) is 0.714. The van der Waals surface area contributed by atoms with Crippen molar-refractivity contribution >= 4 is 5.91 Å². The van der Waals surface area contributed by atoms with Crippen LogP contribution in [0.4, 0.5) is 0 Å². The highest BCUT2D eigenvalue weighted by atomic mass is 16.5. The number of aromatic nitrogens is 1. The van der Waals surface area contributed by atoms with Crippen molar-refractivity contribution in [1.29, 1.82) is 0 Å². The number of rotatable bonds is 4. The molecule has 0 bridgehead atoms. The minimum Gasteiger partial charge on any atom is -0.448 e. The molecule has 1 aliphatic heterocycles. The predicted octanol–water partition coefficient (Wildman–Crippen LogP) is 1.09. The van der Waals surface area contributed by atoms with Gasteiger partial charge in [-0.05, 0) is 0 Å². The number of nitrogens with zero attached hydrogens (tertiary/aromatic N) is 3. The molecule has 20 heavy (non-hydrogen) atoms. The maximum atomic E-state index is 11.9. The highest BCUT2D eigenvalue weighted by Gasteiger charge is 2.28. The van der Waals surface area contributed by atoms with Gasteiger partial charge in [0, 0.05) is 39.6 Å². The quantitative estimate of drug-likeness (QED) is 0.827. The lowest BCUT2D eigenvalue weighted by Crippen LogP contribution is -2.49. The molecule has 6 nitrogen and oxygen atoms in total. The summed E-state index contributed by atoms with van der Waals surface area (Å²) in [5, 5.41) is 0. The standard InChI is InChI=1S/C14H23N3O3/c1-10(2)13-15-11(9-20-13)7-17-5-6-19-12(8-17)14(18)16(3)4/h9-10,12H,5-8H2,1-4H3/t12-/m0/s1. The Morgan fingerprint density at radius 2 is 2.30 bits per heavy atom. The van der Waals surface area contributed by atoms with Crippen molar-refractivity contribution < 1.29 is 13.9 Å². The van der Waals surface area contributed by atoms with Crippen molar-refractivity contribution in [3.63, 3.8) is 0 Å². The lowest BCUT2D eigenvalue weighted by Gasteiger charge is -2.32. The molecule has 0 saturated carbocycles. The van der Waals surface area contributed by atoms with Crippen LogP contribution in [-0.2, 0) is 16.1 Å². The molecule has 2 heterocycles. The Morgan fingerprint density at radius 3 is 2.90 bits per heavy atom. The van der Waals surface area contributed by atoms with E-state index in [1.54, 1.807) is 25.3 Å². The van der Waals surface area contributed by atoms with E-state index >= 15 is 0 Å². The number of ether oxygens (including phenoxy) is 1. The number of amides is 1. The molecule has 1 atom stereocenters. The van der Waals surface area contributed by atoms with Gasteiger partial charge >= 0.3 is 0 Å². The fourth-order valence-corrected chi connectivity index (χ4v) is 2.17. The van der Waals surface area contributed by atoms with E-state index in [4.69, 9.17) is 9.15 Å². The number of hydrogen-bond acceptors (Lipinski definition) is 5. The van der Waals surface area contributed by atoms with E-state index in [2.05, 4.69) is 23.7 Å². The van der Waals surface area contributed by atoms with Gasteiger partial charge in [0.2, 0.25) is 0 Å². The molecule has 0 N–H and O–H groups in total. The molecule has 1 saturated heterocycles. The summed E-state index contributed by atoms with van der Waals surface area (Å²) in [7, 11) is 3.49. The summed E-state index contributed by atoms with van der Waals surface area (Å²) in [6.45, 7) is 6.77. The molecule has 0 radical (unpaired) electrons. The summed E-state index contributed by atoms with van der Waals surface area (Å²) in [5.41, 5.74) is 0.909. The van der Waals surface area contributed by atoms with E-state index in [0.29, 0.717) is 19.7 Å². The molecule has 1 fully saturated rings. The van der Waals surface area contributed by atoms with Crippen LogP contribution in [0.1, 0.15) is 31.4 Å². The summed E-state index contributed by atoms with van der Waals surface area (Å²) in [6.07, 6.45) is 1.32. The first-order chi connectivity index (χ1) is 9.47. The van der Waals surface area contributed by atoms with Crippen LogP contribution in [0.2, 0.25) is 0 Å². The van der Waals surface area contributed by atoms with Crippen molar-refractivity contribution in [1.82, 2.24) is 14.8 Å². The van der Waals surface area contributed by atoms with Crippen LogP contribution in [0.25, 0.3) is 0 Å². The minimum atomic E-state index is -0.379. The molecular weight excluding hydrogens is 258 g/mol. The lowest BCUT2D eigenvalue weighted by molar-refractivity contribution is -0.147. The molecule has 0 aromatic carbocycles. The van der Waals surface area contributed by atoms with E-state index in [1.165, 1.54) is 0 Å². The van der Waals surface area contributed by atoms with E-state index < -0.39 is 0 Å². The number of carbonyl (C=O) groups excluding carboxylic acids is 1. The number of hydrogen-bond donors (Lipinski definition) is 0. The number of morpholine rings is 1. The van der Waals surface area contributed by atoms with Crippen LogP contribution in [0.15, 0.2) is 10.7 Å². The normalized spacial score (nSPS) is 20.4. The zero-order valence-corrected chi connectivity index (χ0v) is 12.6. The Labute approximate surface area is 119 Å². The summed E-state index contributed by atoms with van der Waals surface area (Å²) in [4.78, 5) is 20.1. The smallest absolute Gasteiger partial charge is 0.252 e. The molecule has 0 unspecified atom stereocenters. The number of oxazole rings is 1. The largest absolute Gasteiger partial charge is 0.448 e. The van der Waals surface area contributed by atoms with Crippen LogP contribution in [0.3, 0.4) is 0 Å². The average molecular weight is 281 g/mol. The van der Waals surface area contributed by atoms with Crippen LogP contribution >= 0.6 is 0 Å². The van der Waals surface area contributed by atoms with Gasteiger partial charge in [-0.15, -0.1) is 0 Å². The Hall–Kier alpha value is -1.40. The zero-order valence-electron chi connectivity index (χ0n) is 12.6. The molecule has 1 aliphatic rings. The Bertz CT molecular complexity index is 456.